The highest BCUT2D eigenvalue weighted by atomic mass is 16.5. The van der Waals surface area contributed by atoms with Gasteiger partial charge in [0.15, 0.2) is 6.10 Å². The molecular weight excluding hydrogens is 140 g/mol. The van der Waals surface area contributed by atoms with Crippen LogP contribution in [-0.4, -0.2) is 30.4 Å². The van der Waals surface area contributed by atoms with E-state index in [2.05, 4.69) is 4.74 Å². The molecule has 0 rings (SSSR count). The van der Waals surface area contributed by atoms with Crippen molar-refractivity contribution in [3.63, 3.8) is 0 Å². The van der Waals surface area contributed by atoms with Gasteiger partial charge in [-0.3, -0.25) is 0 Å². The molecule has 1 N–H and O–H groups in total. The maximum atomic E-state index is 9.81. The van der Waals surface area contributed by atoms with Crippen molar-refractivity contribution in [2.75, 3.05) is 7.11 Å². The number of aliphatic carboxylic acids is 1. The van der Waals surface area contributed by atoms with E-state index in [0.717, 1.165) is 0 Å². The third-order valence-corrected chi connectivity index (χ3v) is 0.701. The Morgan fingerprint density at radius 2 is 1.90 bits per heavy atom. The molecule has 0 fully saturated rings. The molecule has 0 spiro atoms. The van der Waals surface area contributed by atoms with Gasteiger partial charge in [0.1, 0.15) is 0 Å². The van der Waals surface area contributed by atoms with E-state index in [9.17, 15) is 4.79 Å². The lowest BCUT2D eigenvalue weighted by Crippen LogP contribution is -2.17. The summed E-state index contributed by atoms with van der Waals surface area (Å²) in [5.74, 6) is -0.928. The van der Waals surface area contributed by atoms with Crippen LogP contribution >= 0.6 is 0 Å². The molecule has 0 bridgehead atoms. The van der Waals surface area contributed by atoms with Crippen molar-refractivity contribution in [3.8, 4) is 0 Å². The molecule has 0 aromatic rings. The number of hydrogen-bond donors (Lipinski definition) is 1. The Bertz CT molecular complexity index is 124. The third-order valence-electron chi connectivity index (χ3n) is 0.701. The average molecular weight is 148 g/mol. The zero-order valence-corrected chi connectivity index (χ0v) is 5.66. The summed E-state index contributed by atoms with van der Waals surface area (Å²) in [6, 6.07) is 0. The maximum Gasteiger partial charge on any atom is 0.373 e. The van der Waals surface area contributed by atoms with E-state index in [1.807, 2.05) is 0 Å². The molecule has 0 unspecified atom stereocenters. The summed E-state index contributed by atoms with van der Waals surface area (Å²) >= 11 is 0. The Hall–Kier alpha value is -1.19. The van der Waals surface area contributed by atoms with Crippen LogP contribution < -0.4 is 0 Å². The van der Waals surface area contributed by atoms with Crippen LogP contribution in [0, 0.1) is 0 Å². The molecule has 10 heavy (non-hydrogen) atoms. The Kier molecular flexibility index (Phi) is 9.05. The van der Waals surface area contributed by atoms with Crippen LogP contribution in [0.3, 0.4) is 0 Å². The van der Waals surface area contributed by atoms with Gasteiger partial charge in [0.05, 0.1) is 0 Å². The number of methoxy groups -OCH3 is 1. The predicted octanol–water partition coefficient (Wildman–Crippen LogP) is -0.478. The van der Waals surface area contributed by atoms with E-state index in [-0.39, 0.29) is 6.15 Å². The van der Waals surface area contributed by atoms with Gasteiger partial charge < -0.3 is 9.84 Å². The van der Waals surface area contributed by atoms with Crippen molar-refractivity contribution >= 4 is 12.1 Å². The van der Waals surface area contributed by atoms with Crippen molar-refractivity contribution in [1.82, 2.24) is 0 Å². The molecule has 0 saturated carbocycles. The van der Waals surface area contributed by atoms with Crippen LogP contribution in [0.4, 0.5) is 0 Å². The summed E-state index contributed by atoms with van der Waals surface area (Å²) in [5.41, 5.74) is 0. The normalized spacial score (nSPS) is 10.2. The number of rotatable bonds is 2. The molecule has 1 atom stereocenters. The van der Waals surface area contributed by atoms with Gasteiger partial charge in [-0.1, -0.05) is 0 Å². The van der Waals surface area contributed by atoms with Crippen molar-refractivity contribution < 1.29 is 24.2 Å². The number of hydrogen-bond acceptors (Lipinski definition) is 4. The van der Waals surface area contributed by atoms with Gasteiger partial charge in [0.25, 0.3) is 0 Å². The summed E-state index contributed by atoms with van der Waals surface area (Å²) in [7, 11) is 1.36. The van der Waals surface area contributed by atoms with Crippen LogP contribution in [0.1, 0.15) is 6.92 Å². The summed E-state index contributed by atoms with van der Waals surface area (Å²) in [4.78, 5) is 26.1. The van der Waals surface area contributed by atoms with E-state index >= 15 is 0 Å². The lowest BCUT2D eigenvalue weighted by atomic mass is 10.4. The van der Waals surface area contributed by atoms with Crippen molar-refractivity contribution in [1.29, 1.82) is 0 Å². The van der Waals surface area contributed by atoms with Gasteiger partial charge in [0.2, 0.25) is 0 Å². The number of carboxylic acids is 1. The molecule has 0 aliphatic heterocycles. The second kappa shape index (κ2) is 7.81. The van der Waals surface area contributed by atoms with E-state index in [4.69, 9.17) is 14.7 Å². The van der Waals surface area contributed by atoms with Crippen molar-refractivity contribution in [2.24, 2.45) is 0 Å². The van der Waals surface area contributed by atoms with Crippen LogP contribution in [0.5, 0.6) is 0 Å². The minimum Gasteiger partial charge on any atom is -0.479 e. The van der Waals surface area contributed by atoms with Crippen LogP contribution in [0.2, 0.25) is 0 Å². The summed E-state index contributed by atoms with van der Waals surface area (Å²) in [6.07, 6.45) is -0.431. The van der Waals surface area contributed by atoms with Crippen molar-refractivity contribution in [2.45, 2.75) is 13.0 Å². The molecule has 0 amide bonds. The van der Waals surface area contributed by atoms with E-state index < -0.39 is 12.1 Å². The Balaban J connectivity index is 0. The molecule has 0 aromatic carbocycles. The zero-order valence-electron chi connectivity index (χ0n) is 5.66. The Morgan fingerprint density at radius 3 is 1.90 bits per heavy atom. The minimum atomic E-state index is -0.928. The summed E-state index contributed by atoms with van der Waals surface area (Å²) < 4.78 is 4.41. The van der Waals surface area contributed by atoms with Gasteiger partial charge in [-0.25, -0.2) is 4.79 Å². The lowest BCUT2D eigenvalue weighted by molar-refractivity contribution is -0.191. The number of carbonyl (C=O) groups excluding carboxylic acids is 2. The van der Waals surface area contributed by atoms with Gasteiger partial charge in [-0.15, -0.1) is 0 Å². The smallest absolute Gasteiger partial charge is 0.373 e. The van der Waals surface area contributed by atoms with Gasteiger partial charge in [-0.05, 0) is 6.92 Å². The number of ether oxygens (including phenoxy) is 1. The van der Waals surface area contributed by atoms with Crippen LogP contribution in [0.15, 0.2) is 0 Å². The van der Waals surface area contributed by atoms with Crippen LogP contribution in [-0.2, 0) is 19.1 Å². The van der Waals surface area contributed by atoms with E-state index in [1.165, 1.54) is 14.0 Å². The van der Waals surface area contributed by atoms with Crippen molar-refractivity contribution in [3.05, 3.63) is 0 Å². The Morgan fingerprint density at radius 1 is 1.60 bits per heavy atom. The molecule has 0 radical (unpaired) electrons. The van der Waals surface area contributed by atoms with Crippen LogP contribution in [0.25, 0.3) is 0 Å². The first-order valence-electron chi connectivity index (χ1n) is 2.35. The quantitative estimate of drug-likeness (QED) is 0.572. The minimum absolute atomic E-state index is 0.250. The highest BCUT2D eigenvalue weighted by molar-refractivity contribution is 5.71. The highest BCUT2D eigenvalue weighted by Crippen LogP contribution is 1.83. The predicted molar refractivity (Wildman–Crippen MR) is 29.1 cm³/mol. The first kappa shape index (κ1) is 11.6. The molecule has 0 aliphatic carbocycles. The van der Waals surface area contributed by atoms with E-state index in [0.29, 0.717) is 0 Å². The average Bonchev–Trinajstić information content (AvgIpc) is 1.88. The molecule has 0 heterocycles. The van der Waals surface area contributed by atoms with Gasteiger partial charge >= 0.3 is 12.1 Å². The molecular formula is C5H8O5. The fraction of sp³-hybridized carbons (Fsp3) is 0.600. The molecule has 0 aliphatic rings. The second-order valence-corrected chi connectivity index (χ2v) is 1.30. The first-order chi connectivity index (χ1) is 4.59. The molecule has 5 heteroatoms. The Labute approximate surface area is 57.6 Å². The lowest BCUT2D eigenvalue weighted by Gasteiger charge is -1.98. The topological polar surface area (TPSA) is 80.7 Å². The highest BCUT2D eigenvalue weighted by Gasteiger charge is 2.06. The SMILES string of the molecule is CO[C@@H](C)C(=O)O.O=C=O. The van der Waals surface area contributed by atoms with Gasteiger partial charge in [0, 0.05) is 7.11 Å². The first-order valence-corrected chi connectivity index (χ1v) is 2.35. The molecule has 5 nitrogen and oxygen atoms in total. The summed E-state index contributed by atoms with van der Waals surface area (Å²) in [5, 5.41) is 8.06. The molecule has 58 valence electrons. The molecule has 0 aromatic heterocycles. The zero-order chi connectivity index (χ0) is 8.57. The summed E-state index contributed by atoms with van der Waals surface area (Å²) in [6.45, 7) is 1.47. The standard InChI is InChI=1S/C4H8O3.CO2/c1-3(7-2)4(5)6;2-1-3/h3H,1-2H3,(H,5,6);/t3-;/m0./s1. The fourth-order valence-electron chi connectivity index (χ4n) is 0.101. The third kappa shape index (κ3) is 9.94. The van der Waals surface area contributed by atoms with Gasteiger partial charge in [-0.2, -0.15) is 9.59 Å². The van der Waals surface area contributed by atoms with E-state index in [1.54, 1.807) is 0 Å². The second-order valence-electron chi connectivity index (χ2n) is 1.30. The molecule has 0 saturated heterocycles. The number of carboxylic acid groups (broad SMARTS) is 1. The maximum absolute atomic E-state index is 9.81. The fourth-order valence-corrected chi connectivity index (χ4v) is 0.101. The monoisotopic (exact) mass is 148 g/mol. The largest absolute Gasteiger partial charge is 0.479 e. The number of carbonyl (C=O) groups is 1.